The number of hydrogen-bond acceptors (Lipinski definition) is 1. The van der Waals surface area contributed by atoms with E-state index < -0.39 is 0 Å². The van der Waals surface area contributed by atoms with Crippen molar-refractivity contribution in [2.75, 3.05) is 4.90 Å². The van der Waals surface area contributed by atoms with Crippen LogP contribution in [0, 0.1) is 0 Å². The first-order chi connectivity index (χ1) is 32.7. The first kappa shape index (κ1) is 40.5. The molecule has 0 radical (unpaired) electrons. The van der Waals surface area contributed by atoms with E-state index in [2.05, 4.69) is 269 Å². The molecule has 1 heteroatoms. The average molecular weight is 858 g/mol. The van der Waals surface area contributed by atoms with Crippen molar-refractivity contribution in [2.24, 2.45) is 0 Å². The molecule has 2 aliphatic rings. The second-order valence-corrected chi connectivity index (χ2v) is 19.4. The van der Waals surface area contributed by atoms with Crippen LogP contribution >= 0.6 is 0 Å². The zero-order valence-corrected chi connectivity index (χ0v) is 38.5. The molecule has 0 bridgehead atoms. The SMILES string of the molecule is CC1(C)c2cc(-c3ccccc3)ccc2-c2ccc(N(c3ccc(-c4ccccc4)cc3)c3ccc4c(c3)C(C)(C)c3cc(-c5ccc(-c6ccc(-c7ccccc7)cc6)cc5)ccc3-4)cc21. The Morgan fingerprint density at radius 1 is 0.224 bits per heavy atom. The predicted octanol–water partition coefficient (Wildman–Crippen LogP) is 18.1. The van der Waals surface area contributed by atoms with Crippen molar-refractivity contribution in [3.05, 3.63) is 259 Å². The van der Waals surface area contributed by atoms with Crippen LogP contribution in [-0.2, 0) is 10.8 Å². The summed E-state index contributed by atoms with van der Waals surface area (Å²) in [7, 11) is 0. The third kappa shape index (κ3) is 6.93. The highest BCUT2D eigenvalue weighted by Crippen LogP contribution is 2.54. The second-order valence-electron chi connectivity index (χ2n) is 19.4. The molecule has 320 valence electrons. The van der Waals surface area contributed by atoms with Crippen LogP contribution < -0.4 is 4.90 Å². The fraction of sp³-hybridized carbons (Fsp3) is 0.0909. The maximum Gasteiger partial charge on any atom is 0.0465 e. The van der Waals surface area contributed by atoms with E-state index in [0.29, 0.717) is 0 Å². The molecule has 0 fully saturated rings. The normalized spacial score (nSPS) is 13.6. The minimum Gasteiger partial charge on any atom is -0.310 e. The van der Waals surface area contributed by atoms with Crippen LogP contribution in [0.15, 0.2) is 237 Å². The lowest BCUT2D eigenvalue weighted by Gasteiger charge is -2.30. The van der Waals surface area contributed by atoms with Crippen LogP contribution in [0.3, 0.4) is 0 Å². The summed E-state index contributed by atoms with van der Waals surface area (Å²) in [5, 5.41) is 0. The number of hydrogen-bond donors (Lipinski definition) is 0. The van der Waals surface area contributed by atoms with Crippen LogP contribution in [0.5, 0.6) is 0 Å². The monoisotopic (exact) mass is 857 g/mol. The van der Waals surface area contributed by atoms with E-state index in [0.717, 1.165) is 17.1 Å². The van der Waals surface area contributed by atoms with Crippen LogP contribution in [0.2, 0.25) is 0 Å². The Morgan fingerprint density at radius 3 is 0.821 bits per heavy atom. The van der Waals surface area contributed by atoms with Gasteiger partial charge in [0.25, 0.3) is 0 Å². The van der Waals surface area contributed by atoms with E-state index in [1.807, 2.05) is 0 Å². The second kappa shape index (κ2) is 15.9. The Morgan fingerprint density at radius 2 is 0.463 bits per heavy atom. The molecule has 10 aromatic carbocycles. The topological polar surface area (TPSA) is 3.24 Å². The Hall–Kier alpha value is -8.00. The lowest BCUT2D eigenvalue weighted by Crippen LogP contribution is -2.18. The van der Waals surface area contributed by atoms with Gasteiger partial charge in [0.2, 0.25) is 0 Å². The molecule has 67 heavy (non-hydrogen) atoms. The number of rotatable bonds is 8. The third-order valence-electron chi connectivity index (χ3n) is 14.7. The smallest absolute Gasteiger partial charge is 0.0465 e. The lowest BCUT2D eigenvalue weighted by molar-refractivity contribution is 0.660. The fourth-order valence-corrected chi connectivity index (χ4v) is 10.9. The molecule has 0 saturated heterocycles. The molecular formula is C66H51N. The summed E-state index contributed by atoms with van der Waals surface area (Å²) in [4.78, 5) is 2.46. The third-order valence-corrected chi connectivity index (χ3v) is 14.7. The van der Waals surface area contributed by atoms with Crippen molar-refractivity contribution in [2.45, 2.75) is 38.5 Å². The fourth-order valence-electron chi connectivity index (χ4n) is 10.9. The first-order valence-electron chi connectivity index (χ1n) is 23.6. The summed E-state index contributed by atoms with van der Waals surface area (Å²) < 4.78 is 0. The molecular weight excluding hydrogens is 807 g/mol. The largest absolute Gasteiger partial charge is 0.310 e. The highest BCUT2D eigenvalue weighted by Gasteiger charge is 2.38. The Labute approximate surface area is 395 Å². The van der Waals surface area contributed by atoms with Gasteiger partial charge in [0, 0.05) is 27.9 Å². The minimum atomic E-state index is -0.210. The van der Waals surface area contributed by atoms with E-state index in [9.17, 15) is 0 Å². The summed E-state index contributed by atoms with van der Waals surface area (Å²) in [5.41, 5.74) is 26.1. The van der Waals surface area contributed by atoms with Gasteiger partial charge in [-0.15, -0.1) is 0 Å². The summed E-state index contributed by atoms with van der Waals surface area (Å²) >= 11 is 0. The van der Waals surface area contributed by atoms with Crippen molar-refractivity contribution in [1.82, 2.24) is 0 Å². The van der Waals surface area contributed by atoms with E-state index in [4.69, 9.17) is 0 Å². The van der Waals surface area contributed by atoms with Gasteiger partial charge in [0.05, 0.1) is 0 Å². The van der Waals surface area contributed by atoms with Gasteiger partial charge in [-0.1, -0.05) is 216 Å². The number of fused-ring (bicyclic) bond motifs is 6. The summed E-state index contributed by atoms with van der Waals surface area (Å²) in [6.45, 7) is 9.56. The average Bonchev–Trinajstić information content (AvgIpc) is 3.75. The molecule has 0 heterocycles. The predicted molar refractivity (Wildman–Crippen MR) is 283 cm³/mol. The van der Waals surface area contributed by atoms with Gasteiger partial charge >= 0.3 is 0 Å². The quantitative estimate of drug-likeness (QED) is 0.147. The highest BCUT2D eigenvalue weighted by molar-refractivity contribution is 5.90. The van der Waals surface area contributed by atoms with Crippen molar-refractivity contribution >= 4 is 17.1 Å². The molecule has 0 amide bonds. The van der Waals surface area contributed by atoms with Gasteiger partial charge in [0.15, 0.2) is 0 Å². The van der Waals surface area contributed by atoms with Gasteiger partial charge in [-0.05, 0) is 149 Å². The maximum absolute atomic E-state index is 2.46. The van der Waals surface area contributed by atoms with E-state index in [1.54, 1.807) is 0 Å². The highest BCUT2D eigenvalue weighted by atomic mass is 15.1. The van der Waals surface area contributed by atoms with E-state index >= 15 is 0 Å². The lowest BCUT2D eigenvalue weighted by atomic mass is 9.81. The molecule has 0 aliphatic heterocycles. The van der Waals surface area contributed by atoms with E-state index in [-0.39, 0.29) is 10.8 Å². The summed E-state index contributed by atoms with van der Waals surface area (Å²) in [6.07, 6.45) is 0. The molecule has 2 aliphatic carbocycles. The molecule has 10 aromatic rings. The molecule has 0 aromatic heterocycles. The van der Waals surface area contributed by atoms with Gasteiger partial charge in [-0.25, -0.2) is 0 Å². The van der Waals surface area contributed by atoms with Crippen molar-refractivity contribution in [3.63, 3.8) is 0 Å². The van der Waals surface area contributed by atoms with Gasteiger partial charge in [-0.3, -0.25) is 0 Å². The molecule has 0 atom stereocenters. The molecule has 0 N–H and O–H groups in total. The summed E-state index contributed by atoms with van der Waals surface area (Å²) in [5.74, 6) is 0. The zero-order chi connectivity index (χ0) is 45.3. The number of anilines is 3. The summed E-state index contributed by atoms with van der Waals surface area (Å²) in [6, 6.07) is 87.4. The van der Waals surface area contributed by atoms with Crippen LogP contribution in [0.1, 0.15) is 49.9 Å². The van der Waals surface area contributed by atoms with Gasteiger partial charge in [-0.2, -0.15) is 0 Å². The minimum absolute atomic E-state index is 0.179. The zero-order valence-electron chi connectivity index (χ0n) is 38.5. The number of benzene rings is 10. The standard InChI is InChI=1S/C66H51N/c1-65(2)61-40-52(46-18-12-7-13-19-46)30-36-57(61)59-38-34-55(42-63(59)65)67(54-32-28-50(29-33-54)45-16-10-6-11-17-45)56-35-39-60-58-37-31-53(41-62(58)66(3,4)64(60)43-56)51-26-24-49(25-27-51)48-22-20-47(21-23-48)44-14-8-5-9-15-44/h5-43H,1-4H3. The first-order valence-corrected chi connectivity index (χ1v) is 23.6. The van der Waals surface area contributed by atoms with Crippen LogP contribution in [0.4, 0.5) is 17.1 Å². The molecule has 0 saturated carbocycles. The van der Waals surface area contributed by atoms with Crippen LogP contribution in [0.25, 0.3) is 77.9 Å². The van der Waals surface area contributed by atoms with E-state index in [1.165, 1.54) is 100 Å². The number of nitrogens with zero attached hydrogens (tertiary/aromatic N) is 1. The van der Waals surface area contributed by atoms with Gasteiger partial charge in [0.1, 0.15) is 0 Å². The molecule has 1 nitrogen and oxygen atoms in total. The van der Waals surface area contributed by atoms with Crippen molar-refractivity contribution in [3.8, 4) is 77.9 Å². The molecule has 0 spiro atoms. The Balaban J connectivity index is 0.892. The molecule has 0 unspecified atom stereocenters. The van der Waals surface area contributed by atoms with Crippen molar-refractivity contribution in [1.29, 1.82) is 0 Å². The van der Waals surface area contributed by atoms with Crippen molar-refractivity contribution < 1.29 is 0 Å². The Bertz CT molecular complexity index is 3450. The van der Waals surface area contributed by atoms with Gasteiger partial charge < -0.3 is 4.90 Å². The molecule has 12 rings (SSSR count). The maximum atomic E-state index is 2.46. The Kier molecular flexibility index (Phi) is 9.59. The van der Waals surface area contributed by atoms with Crippen LogP contribution in [-0.4, -0.2) is 0 Å².